The van der Waals surface area contributed by atoms with E-state index in [9.17, 15) is 4.79 Å². The van der Waals surface area contributed by atoms with Crippen LogP contribution in [0.15, 0.2) is 12.5 Å². The summed E-state index contributed by atoms with van der Waals surface area (Å²) < 4.78 is 13.6. The van der Waals surface area contributed by atoms with Crippen molar-refractivity contribution in [3.63, 3.8) is 0 Å². The summed E-state index contributed by atoms with van der Waals surface area (Å²) in [6, 6.07) is 0. The van der Waals surface area contributed by atoms with Crippen LogP contribution in [0.5, 0.6) is 0 Å². The Bertz CT molecular complexity index is 532. The van der Waals surface area contributed by atoms with Gasteiger partial charge in [0, 0.05) is 38.5 Å². The molecule has 116 valence electrons. The summed E-state index contributed by atoms with van der Waals surface area (Å²) in [4.78, 5) is 18.6. The molecular weight excluding hydrogens is 270 g/mol. The molecule has 6 heteroatoms. The lowest BCUT2D eigenvalue weighted by atomic mass is 9.94. The van der Waals surface area contributed by atoms with E-state index in [0.717, 1.165) is 12.1 Å². The second kappa shape index (κ2) is 5.10. The molecule has 1 amide bonds. The second-order valence-corrected chi connectivity index (χ2v) is 6.77. The summed E-state index contributed by atoms with van der Waals surface area (Å²) in [7, 11) is 1.91. The van der Waals surface area contributed by atoms with Crippen LogP contribution in [0.4, 0.5) is 0 Å². The van der Waals surface area contributed by atoms with Crippen molar-refractivity contribution >= 4 is 5.91 Å². The SMILES string of the molecule is Cn1cncc1CC(=O)N1CC(C)(C)OC2(CCOC2)C1. The van der Waals surface area contributed by atoms with Gasteiger partial charge in [-0.1, -0.05) is 0 Å². The molecule has 1 unspecified atom stereocenters. The number of ether oxygens (including phenoxy) is 2. The van der Waals surface area contributed by atoms with Gasteiger partial charge in [-0.25, -0.2) is 4.98 Å². The third kappa shape index (κ3) is 2.96. The molecule has 0 radical (unpaired) electrons. The molecule has 1 atom stereocenters. The smallest absolute Gasteiger partial charge is 0.228 e. The predicted molar refractivity (Wildman–Crippen MR) is 76.8 cm³/mol. The van der Waals surface area contributed by atoms with E-state index in [1.165, 1.54) is 0 Å². The molecule has 0 saturated carbocycles. The summed E-state index contributed by atoms with van der Waals surface area (Å²) in [5, 5.41) is 0. The van der Waals surface area contributed by atoms with Crippen LogP contribution in [-0.4, -0.2) is 57.9 Å². The van der Waals surface area contributed by atoms with Gasteiger partial charge in [-0.15, -0.1) is 0 Å². The Morgan fingerprint density at radius 3 is 2.86 bits per heavy atom. The van der Waals surface area contributed by atoms with Crippen molar-refractivity contribution in [2.45, 2.75) is 37.9 Å². The standard InChI is InChI=1S/C15H23N3O3/c1-14(2)8-18(9-15(21-14)4-5-20-10-15)13(19)6-12-7-16-11-17(12)3/h7,11H,4-6,8-10H2,1-3H3. The molecule has 2 aliphatic rings. The van der Waals surface area contributed by atoms with Crippen LogP contribution in [0.1, 0.15) is 26.0 Å². The second-order valence-electron chi connectivity index (χ2n) is 6.77. The first kappa shape index (κ1) is 14.5. The summed E-state index contributed by atoms with van der Waals surface area (Å²) >= 11 is 0. The average molecular weight is 293 g/mol. The van der Waals surface area contributed by atoms with Crippen molar-refractivity contribution in [2.75, 3.05) is 26.3 Å². The fraction of sp³-hybridized carbons (Fsp3) is 0.733. The first-order chi connectivity index (χ1) is 9.89. The monoisotopic (exact) mass is 293 g/mol. The summed E-state index contributed by atoms with van der Waals surface area (Å²) in [6.45, 7) is 6.59. The number of aryl methyl sites for hydroxylation is 1. The lowest BCUT2D eigenvalue weighted by Crippen LogP contribution is -2.61. The molecule has 2 fully saturated rings. The number of aromatic nitrogens is 2. The minimum atomic E-state index is -0.339. The van der Waals surface area contributed by atoms with Crippen molar-refractivity contribution in [3.05, 3.63) is 18.2 Å². The van der Waals surface area contributed by atoms with Crippen molar-refractivity contribution in [1.29, 1.82) is 0 Å². The molecule has 0 N–H and O–H groups in total. The summed E-state index contributed by atoms with van der Waals surface area (Å²) in [6.07, 6.45) is 4.70. The van der Waals surface area contributed by atoms with Gasteiger partial charge in [-0.2, -0.15) is 0 Å². The third-order valence-corrected chi connectivity index (χ3v) is 4.21. The van der Waals surface area contributed by atoms with Gasteiger partial charge in [0.05, 0.1) is 31.5 Å². The molecule has 1 aromatic heterocycles. The van der Waals surface area contributed by atoms with Crippen molar-refractivity contribution in [2.24, 2.45) is 7.05 Å². The van der Waals surface area contributed by atoms with E-state index < -0.39 is 0 Å². The molecule has 21 heavy (non-hydrogen) atoms. The van der Waals surface area contributed by atoms with Gasteiger partial charge < -0.3 is 18.9 Å². The van der Waals surface area contributed by atoms with Gasteiger partial charge in [0.2, 0.25) is 5.91 Å². The van der Waals surface area contributed by atoms with Gasteiger partial charge in [0.15, 0.2) is 0 Å². The van der Waals surface area contributed by atoms with Gasteiger partial charge in [0.25, 0.3) is 0 Å². The topological polar surface area (TPSA) is 56.6 Å². The van der Waals surface area contributed by atoms with E-state index in [-0.39, 0.29) is 17.1 Å². The Balaban J connectivity index is 1.74. The van der Waals surface area contributed by atoms with E-state index in [2.05, 4.69) is 4.98 Å². The number of morpholine rings is 1. The van der Waals surface area contributed by atoms with Gasteiger partial charge in [-0.3, -0.25) is 4.79 Å². The number of hydrogen-bond acceptors (Lipinski definition) is 4. The highest BCUT2D eigenvalue weighted by Gasteiger charge is 2.47. The number of hydrogen-bond donors (Lipinski definition) is 0. The zero-order valence-electron chi connectivity index (χ0n) is 13.0. The molecule has 0 bridgehead atoms. The van der Waals surface area contributed by atoms with E-state index in [4.69, 9.17) is 9.47 Å². The quantitative estimate of drug-likeness (QED) is 0.808. The largest absolute Gasteiger partial charge is 0.378 e. The summed E-state index contributed by atoms with van der Waals surface area (Å²) in [5.41, 5.74) is 0.263. The number of carbonyl (C=O) groups excluding carboxylic acids is 1. The van der Waals surface area contributed by atoms with Gasteiger partial charge >= 0.3 is 0 Å². The Kier molecular flexibility index (Phi) is 3.53. The van der Waals surface area contributed by atoms with E-state index in [1.54, 1.807) is 12.5 Å². The third-order valence-electron chi connectivity index (χ3n) is 4.21. The zero-order chi connectivity index (χ0) is 15.1. The van der Waals surface area contributed by atoms with Crippen LogP contribution < -0.4 is 0 Å². The molecule has 6 nitrogen and oxygen atoms in total. The fourth-order valence-electron chi connectivity index (χ4n) is 3.31. The number of nitrogens with zero attached hydrogens (tertiary/aromatic N) is 3. The number of amides is 1. The Morgan fingerprint density at radius 1 is 1.43 bits per heavy atom. The van der Waals surface area contributed by atoms with Crippen LogP contribution >= 0.6 is 0 Å². The average Bonchev–Trinajstić information content (AvgIpc) is 2.98. The number of carbonyl (C=O) groups is 1. The van der Waals surface area contributed by atoms with Gasteiger partial charge in [-0.05, 0) is 13.8 Å². The lowest BCUT2D eigenvalue weighted by molar-refractivity contribution is -0.199. The highest BCUT2D eigenvalue weighted by Crippen LogP contribution is 2.34. The fourth-order valence-corrected chi connectivity index (χ4v) is 3.31. The minimum absolute atomic E-state index is 0.126. The van der Waals surface area contributed by atoms with E-state index in [1.807, 2.05) is 30.4 Å². The highest BCUT2D eigenvalue weighted by atomic mass is 16.6. The number of rotatable bonds is 2. The maximum atomic E-state index is 12.6. The minimum Gasteiger partial charge on any atom is -0.378 e. The number of imidazole rings is 1. The molecule has 3 heterocycles. The summed E-state index contributed by atoms with van der Waals surface area (Å²) in [5.74, 6) is 0.126. The Labute approximate surface area is 125 Å². The van der Waals surface area contributed by atoms with Crippen LogP contribution in [0, 0.1) is 0 Å². The van der Waals surface area contributed by atoms with E-state index in [0.29, 0.717) is 32.7 Å². The molecule has 3 rings (SSSR count). The maximum Gasteiger partial charge on any atom is 0.228 e. The predicted octanol–water partition coefficient (Wildman–Crippen LogP) is 0.759. The maximum absolute atomic E-state index is 12.6. The van der Waals surface area contributed by atoms with Crippen LogP contribution in [0.3, 0.4) is 0 Å². The molecule has 0 aliphatic carbocycles. The normalized spacial score (nSPS) is 28.2. The molecule has 2 saturated heterocycles. The first-order valence-corrected chi connectivity index (χ1v) is 7.40. The molecule has 1 aromatic rings. The zero-order valence-corrected chi connectivity index (χ0v) is 13.0. The Hall–Kier alpha value is -1.40. The molecule has 0 aromatic carbocycles. The molecular formula is C15H23N3O3. The molecule has 1 spiro atoms. The van der Waals surface area contributed by atoms with Crippen LogP contribution in [0.25, 0.3) is 0 Å². The lowest BCUT2D eigenvalue weighted by Gasteiger charge is -2.48. The van der Waals surface area contributed by atoms with Gasteiger partial charge in [0.1, 0.15) is 5.60 Å². The Morgan fingerprint density at radius 2 is 2.24 bits per heavy atom. The van der Waals surface area contributed by atoms with Crippen molar-refractivity contribution < 1.29 is 14.3 Å². The van der Waals surface area contributed by atoms with Crippen LogP contribution in [0.2, 0.25) is 0 Å². The highest BCUT2D eigenvalue weighted by molar-refractivity contribution is 5.78. The van der Waals surface area contributed by atoms with Crippen molar-refractivity contribution in [1.82, 2.24) is 14.5 Å². The van der Waals surface area contributed by atoms with Crippen LogP contribution in [-0.2, 0) is 27.7 Å². The van der Waals surface area contributed by atoms with E-state index >= 15 is 0 Å². The van der Waals surface area contributed by atoms with Crippen molar-refractivity contribution in [3.8, 4) is 0 Å². The molecule has 2 aliphatic heterocycles. The first-order valence-electron chi connectivity index (χ1n) is 7.40.